The highest BCUT2D eigenvalue weighted by molar-refractivity contribution is 4.91. The van der Waals surface area contributed by atoms with Crippen molar-refractivity contribution in [2.75, 3.05) is 13.1 Å². The van der Waals surface area contributed by atoms with E-state index in [9.17, 15) is 0 Å². The molecule has 0 radical (unpaired) electrons. The molecule has 106 valence electrons. The van der Waals surface area contributed by atoms with Gasteiger partial charge in [-0.3, -0.25) is 4.90 Å². The minimum atomic E-state index is 0.717. The third kappa shape index (κ3) is 3.27. The van der Waals surface area contributed by atoms with E-state index in [4.69, 9.17) is 0 Å². The number of hydrogen-bond acceptors (Lipinski definition) is 2. The molecule has 1 saturated carbocycles. The summed E-state index contributed by atoms with van der Waals surface area (Å²) in [4.78, 5) is 2.79. The highest BCUT2D eigenvalue weighted by Crippen LogP contribution is 2.29. The Morgan fingerprint density at radius 3 is 2.39 bits per heavy atom. The summed E-state index contributed by atoms with van der Waals surface area (Å²) in [5.74, 6) is 0.947. The summed E-state index contributed by atoms with van der Waals surface area (Å²) in [5.41, 5.74) is 0. The predicted octanol–water partition coefficient (Wildman–Crippen LogP) is 3.42. The Morgan fingerprint density at radius 1 is 1.11 bits per heavy atom. The van der Waals surface area contributed by atoms with Gasteiger partial charge in [0.25, 0.3) is 0 Å². The fourth-order valence-corrected chi connectivity index (χ4v) is 4.03. The second kappa shape index (κ2) is 6.91. The largest absolute Gasteiger partial charge is 0.311 e. The summed E-state index contributed by atoms with van der Waals surface area (Å²) >= 11 is 0. The van der Waals surface area contributed by atoms with Crippen LogP contribution in [0.25, 0.3) is 0 Å². The van der Waals surface area contributed by atoms with Crippen molar-refractivity contribution in [1.82, 2.24) is 10.2 Å². The van der Waals surface area contributed by atoms with E-state index >= 15 is 0 Å². The van der Waals surface area contributed by atoms with E-state index < -0.39 is 0 Å². The molecule has 0 spiro atoms. The molecule has 2 unspecified atom stereocenters. The van der Waals surface area contributed by atoms with E-state index in [0.29, 0.717) is 0 Å². The summed E-state index contributed by atoms with van der Waals surface area (Å²) in [6.45, 7) is 9.56. The maximum absolute atomic E-state index is 3.83. The molecule has 18 heavy (non-hydrogen) atoms. The molecule has 2 atom stereocenters. The molecular formula is C16H32N2. The van der Waals surface area contributed by atoms with Gasteiger partial charge in [-0.25, -0.2) is 0 Å². The van der Waals surface area contributed by atoms with Gasteiger partial charge in [0, 0.05) is 31.2 Å². The van der Waals surface area contributed by atoms with Gasteiger partial charge in [0.05, 0.1) is 0 Å². The summed E-state index contributed by atoms with van der Waals surface area (Å²) in [5, 5.41) is 3.83. The van der Waals surface area contributed by atoms with E-state index in [0.717, 1.165) is 24.0 Å². The Hall–Kier alpha value is -0.0800. The molecule has 1 aliphatic carbocycles. The van der Waals surface area contributed by atoms with Crippen LogP contribution in [0.15, 0.2) is 0 Å². The first kappa shape index (κ1) is 14.3. The Bertz CT molecular complexity index is 231. The zero-order valence-electron chi connectivity index (χ0n) is 12.6. The summed E-state index contributed by atoms with van der Waals surface area (Å²) in [6.07, 6.45) is 9.92. The number of rotatable bonds is 4. The van der Waals surface area contributed by atoms with Crippen LogP contribution in [0.4, 0.5) is 0 Å². The maximum atomic E-state index is 3.83. The van der Waals surface area contributed by atoms with Crippen molar-refractivity contribution in [3.63, 3.8) is 0 Å². The van der Waals surface area contributed by atoms with Gasteiger partial charge < -0.3 is 5.32 Å². The minimum Gasteiger partial charge on any atom is -0.311 e. The van der Waals surface area contributed by atoms with Crippen LogP contribution < -0.4 is 5.32 Å². The van der Waals surface area contributed by atoms with Crippen LogP contribution in [0.5, 0.6) is 0 Å². The molecular weight excluding hydrogens is 220 g/mol. The smallest absolute Gasteiger partial charge is 0.0224 e. The van der Waals surface area contributed by atoms with E-state index in [1.54, 1.807) is 0 Å². The van der Waals surface area contributed by atoms with Crippen LogP contribution >= 0.6 is 0 Å². The van der Waals surface area contributed by atoms with Crippen LogP contribution in [0, 0.1) is 5.92 Å². The van der Waals surface area contributed by atoms with Crippen molar-refractivity contribution >= 4 is 0 Å². The standard InChI is InChI=1S/C16H32N2/c1-4-15(5-2)18-12-16(17-11-13(18)3)14-9-7-6-8-10-14/h13-17H,4-12H2,1-3H3. The van der Waals surface area contributed by atoms with Gasteiger partial charge >= 0.3 is 0 Å². The van der Waals surface area contributed by atoms with E-state index in [2.05, 4.69) is 31.0 Å². The first-order valence-electron chi connectivity index (χ1n) is 8.25. The van der Waals surface area contributed by atoms with Crippen LogP contribution in [-0.2, 0) is 0 Å². The Morgan fingerprint density at radius 2 is 1.78 bits per heavy atom. The third-order valence-electron chi connectivity index (χ3n) is 5.28. The fourth-order valence-electron chi connectivity index (χ4n) is 4.03. The maximum Gasteiger partial charge on any atom is 0.0224 e. The van der Waals surface area contributed by atoms with Crippen LogP contribution in [0.1, 0.15) is 65.7 Å². The Balaban J connectivity index is 1.94. The molecule has 2 nitrogen and oxygen atoms in total. The fraction of sp³-hybridized carbons (Fsp3) is 1.00. The molecule has 2 fully saturated rings. The normalized spacial score (nSPS) is 32.0. The predicted molar refractivity (Wildman–Crippen MR) is 78.9 cm³/mol. The molecule has 2 rings (SSSR count). The summed E-state index contributed by atoms with van der Waals surface area (Å²) in [6, 6.07) is 2.28. The van der Waals surface area contributed by atoms with Crippen molar-refractivity contribution in [2.45, 2.75) is 83.8 Å². The van der Waals surface area contributed by atoms with Gasteiger partial charge in [-0.1, -0.05) is 33.1 Å². The molecule has 2 aliphatic rings. The molecule has 0 aromatic carbocycles. The van der Waals surface area contributed by atoms with Gasteiger partial charge in [-0.05, 0) is 38.5 Å². The average Bonchev–Trinajstić information content (AvgIpc) is 2.43. The highest BCUT2D eigenvalue weighted by atomic mass is 15.3. The zero-order valence-corrected chi connectivity index (χ0v) is 12.6. The molecule has 1 N–H and O–H groups in total. The number of piperazine rings is 1. The van der Waals surface area contributed by atoms with Gasteiger partial charge in [0.1, 0.15) is 0 Å². The van der Waals surface area contributed by atoms with Gasteiger partial charge in [0.2, 0.25) is 0 Å². The van der Waals surface area contributed by atoms with Crippen molar-refractivity contribution in [3.8, 4) is 0 Å². The first-order chi connectivity index (χ1) is 8.76. The van der Waals surface area contributed by atoms with Gasteiger partial charge in [-0.15, -0.1) is 0 Å². The SMILES string of the molecule is CCC(CC)N1CC(C2CCCCC2)NCC1C. The molecule has 0 aromatic rings. The molecule has 0 bridgehead atoms. The lowest BCUT2D eigenvalue weighted by Gasteiger charge is -2.46. The number of nitrogens with one attached hydrogen (secondary N) is 1. The quantitative estimate of drug-likeness (QED) is 0.825. The lowest BCUT2D eigenvalue weighted by Crippen LogP contribution is -2.60. The first-order valence-corrected chi connectivity index (χ1v) is 8.25. The third-order valence-corrected chi connectivity index (χ3v) is 5.28. The number of nitrogens with zero attached hydrogens (tertiary/aromatic N) is 1. The van der Waals surface area contributed by atoms with E-state index in [1.165, 1.54) is 58.0 Å². The van der Waals surface area contributed by atoms with Crippen molar-refractivity contribution in [1.29, 1.82) is 0 Å². The van der Waals surface area contributed by atoms with Crippen LogP contribution in [-0.4, -0.2) is 36.1 Å². The monoisotopic (exact) mass is 252 g/mol. The molecule has 0 amide bonds. The Labute approximate surface area is 114 Å². The topological polar surface area (TPSA) is 15.3 Å². The molecule has 2 heteroatoms. The summed E-state index contributed by atoms with van der Waals surface area (Å²) in [7, 11) is 0. The van der Waals surface area contributed by atoms with Gasteiger partial charge in [-0.2, -0.15) is 0 Å². The molecule has 1 heterocycles. The van der Waals surface area contributed by atoms with E-state index in [1.807, 2.05) is 0 Å². The molecule has 1 saturated heterocycles. The number of hydrogen-bond donors (Lipinski definition) is 1. The van der Waals surface area contributed by atoms with Crippen molar-refractivity contribution in [2.24, 2.45) is 5.92 Å². The lowest BCUT2D eigenvalue weighted by atomic mass is 9.82. The van der Waals surface area contributed by atoms with Crippen molar-refractivity contribution in [3.05, 3.63) is 0 Å². The molecule has 1 aliphatic heterocycles. The van der Waals surface area contributed by atoms with E-state index in [-0.39, 0.29) is 0 Å². The van der Waals surface area contributed by atoms with Crippen LogP contribution in [0.2, 0.25) is 0 Å². The second-order valence-electron chi connectivity index (χ2n) is 6.43. The summed E-state index contributed by atoms with van der Waals surface area (Å²) < 4.78 is 0. The van der Waals surface area contributed by atoms with Crippen LogP contribution in [0.3, 0.4) is 0 Å². The second-order valence-corrected chi connectivity index (χ2v) is 6.43. The average molecular weight is 252 g/mol. The minimum absolute atomic E-state index is 0.717. The van der Waals surface area contributed by atoms with Crippen molar-refractivity contribution < 1.29 is 0 Å². The highest BCUT2D eigenvalue weighted by Gasteiger charge is 2.33. The Kier molecular flexibility index (Phi) is 5.50. The zero-order chi connectivity index (χ0) is 13.0. The lowest BCUT2D eigenvalue weighted by molar-refractivity contribution is 0.0621. The molecule has 0 aromatic heterocycles. The van der Waals surface area contributed by atoms with Gasteiger partial charge in [0.15, 0.2) is 0 Å².